The van der Waals surface area contributed by atoms with E-state index in [1.807, 2.05) is 19.1 Å². The van der Waals surface area contributed by atoms with Gasteiger partial charge in [0.2, 0.25) is 5.78 Å². The molecule has 0 bridgehead atoms. The Morgan fingerprint density at radius 3 is 2.40 bits per heavy atom. The molecular weight excluding hydrogens is 324 g/mol. The van der Waals surface area contributed by atoms with E-state index in [2.05, 4.69) is 0 Å². The molecule has 0 atom stereocenters. The lowest BCUT2D eigenvalue weighted by molar-refractivity contribution is -0.144. The Morgan fingerprint density at radius 1 is 0.920 bits per heavy atom. The van der Waals surface area contributed by atoms with Gasteiger partial charge in [0.15, 0.2) is 13.2 Å². The van der Waals surface area contributed by atoms with Crippen LogP contribution in [0.3, 0.4) is 0 Å². The van der Waals surface area contributed by atoms with E-state index in [1.165, 1.54) is 20.3 Å². The number of ketones is 1. The van der Waals surface area contributed by atoms with Gasteiger partial charge >= 0.3 is 5.97 Å². The van der Waals surface area contributed by atoms with E-state index in [-0.39, 0.29) is 18.0 Å². The van der Waals surface area contributed by atoms with E-state index in [1.54, 1.807) is 24.3 Å². The van der Waals surface area contributed by atoms with E-state index >= 15 is 0 Å². The number of hydrogen-bond acceptors (Lipinski definition) is 6. The fourth-order valence-electron chi connectivity index (χ4n) is 2.14. The summed E-state index contributed by atoms with van der Waals surface area (Å²) in [6, 6.07) is 12.1. The summed E-state index contributed by atoms with van der Waals surface area (Å²) < 4.78 is 20.6. The molecule has 0 saturated heterocycles. The molecule has 0 aliphatic heterocycles. The molecule has 25 heavy (non-hydrogen) atoms. The number of carbonyl (C=O) groups excluding carboxylic acids is 2. The van der Waals surface area contributed by atoms with E-state index in [9.17, 15) is 9.59 Å². The van der Waals surface area contributed by atoms with Gasteiger partial charge in [-0.3, -0.25) is 4.79 Å². The summed E-state index contributed by atoms with van der Waals surface area (Å²) in [7, 11) is 2.96. The Hall–Kier alpha value is -3.02. The highest BCUT2D eigenvalue weighted by atomic mass is 16.6. The highest BCUT2D eigenvalue weighted by molar-refractivity contribution is 6.00. The summed E-state index contributed by atoms with van der Waals surface area (Å²) >= 11 is 0. The van der Waals surface area contributed by atoms with Crippen molar-refractivity contribution in [1.29, 1.82) is 0 Å². The smallest absolute Gasteiger partial charge is 0.344 e. The molecule has 2 aromatic carbocycles. The topological polar surface area (TPSA) is 71.1 Å². The Labute approximate surface area is 146 Å². The first-order valence-electron chi connectivity index (χ1n) is 7.64. The molecule has 132 valence electrons. The molecule has 6 heteroatoms. The third-order valence-electron chi connectivity index (χ3n) is 3.42. The van der Waals surface area contributed by atoms with Crippen LogP contribution in [0.5, 0.6) is 17.2 Å². The number of carbonyl (C=O) groups is 2. The quantitative estimate of drug-likeness (QED) is 0.542. The zero-order valence-corrected chi connectivity index (χ0v) is 14.4. The fourth-order valence-corrected chi connectivity index (χ4v) is 2.14. The molecule has 2 rings (SSSR count). The first-order chi connectivity index (χ1) is 12.0. The van der Waals surface area contributed by atoms with Crippen LogP contribution in [0.1, 0.15) is 15.9 Å². The maximum absolute atomic E-state index is 12.3. The van der Waals surface area contributed by atoms with Crippen molar-refractivity contribution in [3.8, 4) is 17.2 Å². The minimum atomic E-state index is -0.628. The van der Waals surface area contributed by atoms with Crippen molar-refractivity contribution >= 4 is 11.8 Å². The van der Waals surface area contributed by atoms with Crippen molar-refractivity contribution in [2.45, 2.75) is 6.92 Å². The van der Waals surface area contributed by atoms with Gasteiger partial charge in [-0.15, -0.1) is 0 Å². The monoisotopic (exact) mass is 344 g/mol. The molecule has 0 aromatic heterocycles. The van der Waals surface area contributed by atoms with Gasteiger partial charge in [0.25, 0.3) is 0 Å². The second kappa shape index (κ2) is 8.73. The third-order valence-corrected chi connectivity index (χ3v) is 3.42. The molecule has 0 amide bonds. The first-order valence-corrected chi connectivity index (χ1v) is 7.64. The van der Waals surface area contributed by atoms with Crippen LogP contribution in [-0.4, -0.2) is 39.2 Å². The lowest BCUT2D eigenvalue weighted by Gasteiger charge is -2.10. The molecule has 0 N–H and O–H groups in total. The van der Waals surface area contributed by atoms with Gasteiger partial charge in [0.1, 0.15) is 17.2 Å². The van der Waals surface area contributed by atoms with Gasteiger partial charge in [-0.2, -0.15) is 0 Å². The number of methoxy groups -OCH3 is 2. The summed E-state index contributed by atoms with van der Waals surface area (Å²) in [5.41, 5.74) is 1.31. The molecule has 0 aliphatic rings. The number of hydrogen-bond donors (Lipinski definition) is 0. The largest absolute Gasteiger partial charge is 0.497 e. The SMILES string of the molecule is COc1ccc(OC)c(C(=O)COC(=O)COc2cccc(C)c2)c1. The van der Waals surface area contributed by atoms with Crippen LogP contribution in [-0.2, 0) is 9.53 Å². The minimum absolute atomic E-state index is 0.272. The lowest BCUT2D eigenvalue weighted by atomic mass is 10.1. The van der Waals surface area contributed by atoms with Gasteiger partial charge in [0, 0.05) is 0 Å². The summed E-state index contributed by atoms with van der Waals surface area (Å²) in [5, 5.41) is 0. The average molecular weight is 344 g/mol. The zero-order valence-electron chi connectivity index (χ0n) is 14.4. The van der Waals surface area contributed by atoms with Crippen molar-refractivity contribution in [2.75, 3.05) is 27.4 Å². The number of aryl methyl sites for hydroxylation is 1. The highest BCUT2D eigenvalue weighted by Gasteiger charge is 2.16. The zero-order chi connectivity index (χ0) is 18.2. The average Bonchev–Trinajstić information content (AvgIpc) is 2.63. The van der Waals surface area contributed by atoms with Crippen molar-refractivity contribution < 1.29 is 28.5 Å². The van der Waals surface area contributed by atoms with E-state index in [0.29, 0.717) is 17.2 Å². The number of esters is 1. The van der Waals surface area contributed by atoms with Crippen LogP contribution in [0.25, 0.3) is 0 Å². The van der Waals surface area contributed by atoms with Crippen LogP contribution >= 0.6 is 0 Å². The number of benzene rings is 2. The molecule has 0 heterocycles. The minimum Gasteiger partial charge on any atom is -0.497 e. The Morgan fingerprint density at radius 2 is 1.72 bits per heavy atom. The summed E-state index contributed by atoms with van der Waals surface area (Å²) in [5.74, 6) is 0.449. The van der Waals surface area contributed by atoms with Crippen molar-refractivity contribution in [1.82, 2.24) is 0 Å². The van der Waals surface area contributed by atoms with Crippen LogP contribution in [0.2, 0.25) is 0 Å². The summed E-state index contributed by atoms with van der Waals surface area (Å²) in [6.45, 7) is 1.25. The number of rotatable bonds is 8. The highest BCUT2D eigenvalue weighted by Crippen LogP contribution is 2.24. The van der Waals surface area contributed by atoms with E-state index in [0.717, 1.165) is 5.56 Å². The second-order valence-electron chi connectivity index (χ2n) is 5.26. The van der Waals surface area contributed by atoms with Gasteiger partial charge in [0.05, 0.1) is 19.8 Å². The van der Waals surface area contributed by atoms with Crippen molar-refractivity contribution in [3.05, 3.63) is 53.6 Å². The Bertz CT molecular complexity index is 753. The number of ether oxygens (including phenoxy) is 4. The molecule has 6 nitrogen and oxygen atoms in total. The van der Waals surface area contributed by atoms with Crippen LogP contribution < -0.4 is 14.2 Å². The van der Waals surface area contributed by atoms with Gasteiger partial charge in [-0.05, 0) is 42.8 Å². The maximum atomic E-state index is 12.3. The summed E-state index contributed by atoms with van der Waals surface area (Å²) in [6.07, 6.45) is 0. The van der Waals surface area contributed by atoms with Crippen molar-refractivity contribution in [3.63, 3.8) is 0 Å². The number of Topliss-reactive ketones (excluding diaryl/α,β-unsaturated/α-hetero) is 1. The summed E-state index contributed by atoms with van der Waals surface area (Å²) in [4.78, 5) is 24.0. The van der Waals surface area contributed by atoms with Crippen LogP contribution in [0.15, 0.2) is 42.5 Å². The van der Waals surface area contributed by atoms with Crippen LogP contribution in [0.4, 0.5) is 0 Å². The first kappa shape index (κ1) is 18.3. The third kappa shape index (κ3) is 5.24. The van der Waals surface area contributed by atoms with Gasteiger partial charge in [-0.1, -0.05) is 12.1 Å². The second-order valence-corrected chi connectivity index (χ2v) is 5.26. The van der Waals surface area contributed by atoms with Gasteiger partial charge < -0.3 is 18.9 Å². The molecular formula is C19H20O6. The molecule has 0 unspecified atom stereocenters. The molecule has 0 aliphatic carbocycles. The molecule has 2 aromatic rings. The standard InChI is InChI=1S/C19H20O6/c1-13-5-4-6-15(9-13)24-12-19(21)25-11-17(20)16-10-14(22-2)7-8-18(16)23-3/h4-10H,11-12H2,1-3H3. The van der Waals surface area contributed by atoms with E-state index in [4.69, 9.17) is 18.9 Å². The normalized spacial score (nSPS) is 10.0. The molecule has 0 radical (unpaired) electrons. The molecule has 0 spiro atoms. The van der Waals surface area contributed by atoms with Crippen molar-refractivity contribution in [2.24, 2.45) is 0 Å². The molecule has 0 saturated carbocycles. The predicted octanol–water partition coefficient (Wildman–Crippen LogP) is 2.82. The maximum Gasteiger partial charge on any atom is 0.344 e. The Kier molecular flexibility index (Phi) is 6.39. The molecule has 0 fully saturated rings. The van der Waals surface area contributed by atoms with Crippen LogP contribution in [0, 0.1) is 6.92 Å². The Balaban J connectivity index is 1.90. The van der Waals surface area contributed by atoms with E-state index < -0.39 is 12.6 Å². The van der Waals surface area contributed by atoms with Gasteiger partial charge in [-0.25, -0.2) is 4.79 Å². The lowest BCUT2D eigenvalue weighted by Crippen LogP contribution is -2.20. The fraction of sp³-hybridized carbons (Fsp3) is 0.263. The predicted molar refractivity (Wildman–Crippen MR) is 91.5 cm³/mol.